The number of ether oxygens (including phenoxy) is 2. The van der Waals surface area contributed by atoms with E-state index in [-0.39, 0.29) is 6.04 Å². The number of benzene rings is 1. The van der Waals surface area contributed by atoms with Crippen molar-refractivity contribution in [2.24, 2.45) is 0 Å². The average Bonchev–Trinajstić information content (AvgIpc) is 2.43. The van der Waals surface area contributed by atoms with Crippen molar-refractivity contribution >= 4 is 33.2 Å². The fourth-order valence-electron chi connectivity index (χ4n) is 2.48. The summed E-state index contributed by atoms with van der Waals surface area (Å²) < 4.78 is 12.1. The van der Waals surface area contributed by atoms with Gasteiger partial charge in [0.2, 0.25) is 0 Å². The lowest BCUT2D eigenvalue weighted by Gasteiger charge is -2.27. The molecule has 1 fully saturated rings. The molecule has 1 aromatic carbocycles. The normalized spacial score (nSPS) is 20.1. The van der Waals surface area contributed by atoms with Crippen LogP contribution in [0.2, 0.25) is 5.02 Å². The van der Waals surface area contributed by atoms with E-state index >= 15 is 0 Å². The fourth-order valence-corrected chi connectivity index (χ4v) is 3.41. The lowest BCUT2D eigenvalue weighted by atomic mass is 10.1. The zero-order valence-corrected chi connectivity index (χ0v) is 14.8. The molecule has 118 valence electrons. The van der Waals surface area contributed by atoms with Gasteiger partial charge < -0.3 is 20.1 Å². The monoisotopic (exact) mass is 376 g/mol. The van der Waals surface area contributed by atoms with Gasteiger partial charge in [-0.15, -0.1) is 0 Å². The van der Waals surface area contributed by atoms with Gasteiger partial charge >= 0.3 is 0 Å². The highest BCUT2D eigenvalue weighted by atomic mass is 79.9. The van der Waals surface area contributed by atoms with E-state index in [1.165, 1.54) is 0 Å². The Labute approximate surface area is 139 Å². The second-order valence-corrected chi connectivity index (χ2v) is 6.50. The quantitative estimate of drug-likeness (QED) is 0.793. The van der Waals surface area contributed by atoms with Crippen molar-refractivity contribution in [1.82, 2.24) is 5.32 Å². The fraction of sp³-hybridized carbons (Fsp3) is 0.600. The van der Waals surface area contributed by atoms with Gasteiger partial charge in [-0.25, -0.2) is 0 Å². The number of hydrogen-bond donors (Lipinski definition) is 2. The summed E-state index contributed by atoms with van der Waals surface area (Å²) in [7, 11) is 0. The number of morpholine rings is 1. The van der Waals surface area contributed by atoms with Crippen molar-refractivity contribution in [3.05, 3.63) is 21.6 Å². The lowest BCUT2D eigenvalue weighted by molar-refractivity contribution is 0.0731. The minimum atomic E-state index is 0.286. The first-order chi connectivity index (χ1) is 10.1. The van der Waals surface area contributed by atoms with Gasteiger partial charge in [-0.3, -0.25) is 0 Å². The zero-order chi connectivity index (χ0) is 15.2. The summed E-state index contributed by atoms with van der Waals surface area (Å²) in [6.45, 7) is 7.22. The van der Waals surface area contributed by atoms with Crippen LogP contribution in [0, 0.1) is 0 Å². The highest BCUT2D eigenvalue weighted by Gasteiger charge is 2.18. The third kappa shape index (κ3) is 5.02. The third-order valence-electron chi connectivity index (χ3n) is 3.34. The summed E-state index contributed by atoms with van der Waals surface area (Å²) in [5.74, 6) is 0.807. The first-order valence-corrected chi connectivity index (χ1v) is 8.46. The van der Waals surface area contributed by atoms with E-state index < -0.39 is 0 Å². The number of hydrogen-bond acceptors (Lipinski definition) is 4. The van der Waals surface area contributed by atoms with E-state index in [2.05, 4.69) is 33.5 Å². The predicted octanol–water partition coefficient (Wildman–Crippen LogP) is 3.68. The first kappa shape index (κ1) is 16.9. The van der Waals surface area contributed by atoms with Crippen LogP contribution in [0.3, 0.4) is 0 Å². The smallest absolute Gasteiger partial charge is 0.156 e. The molecule has 0 bridgehead atoms. The molecule has 0 saturated carbocycles. The Hall–Kier alpha value is -0.490. The Morgan fingerprint density at radius 2 is 2.38 bits per heavy atom. The Balaban J connectivity index is 2.03. The van der Waals surface area contributed by atoms with Gasteiger partial charge in [-0.2, -0.15) is 0 Å². The standard InChI is InChI=1S/C15H22BrClN2O2/c1-3-21-15-13(16)7-11(17)8-14(15)19-10(2)6-12-9-20-5-4-18-12/h7-8,10,12,18-19H,3-6,9H2,1-2H3. The molecule has 1 aliphatic heterocycles. The second kappa shape index (κ2) is 8.22. The van der Waals surface area contributed by atoms with Crippen LogP contribution in [0.1, 0.15) is 20.3 Å². The van der Waals surface area contributed by atoms with Crippen LogP contribution in [0.5, 0.6) is 5.75 Å². The van der Waals surface area contributed by atoms with E-state index in [1.807, 2.05) is 19.1 Å². The van der Waals surface area contributed by atoms with Gasteiger partial charge in [0.15, 0.2) is 5.75 Å². The first-order valence-electron chi connectivity index (χ1n) is 7.29. The van der Waals surface area contributed by atoms with Crippen LogP contribution in [-0.2, 0) is 4.74 Å². The van der Waals surface area contributed by atoms with Gasteiger partial charge in [0.25, 0.3) is 0 Å². The third-order valence-corrected chi connectivity index (χ3v) is 4.14. The van der Waals surface area contributed by atoms with Crippen LogP contribution < -0.4 is 15.4 Å². The van der Waals surface area contributed by atoms with E-state index in [0.29, 0.717) is 17.7 Å². The Bertz CT molecular complexity index is 467. The molecule has 0 radical (unpaired) electrons. The molecule has 2 rings (SSSR count). The molecule has 4 nitrogen and oxygen atoms in total. The van der Waals surface area contributed by atoms with Crippen molar-refractivity contribution in [3.63, 3.8) is 0 Å². The van der Waals surface area contributed by atoms with E-state index in [9.17, 15) is 0 Å². The van der Waals surface area contributed by atoms with Crippen LogP contribution in [-0.4, -0.2) is 38.4 Å². The largest absolute Gasteiger partial charge is 0.491 e. The van der Waals surface area contributed by atoms with Crippen molar-refractivity contribution < 1.29 is 9.47 Å². The van der Waals surface area contributed by atoms with Crippen LogP contribution in [0.15, 0.2) is 16.6 Å². The summed E-state index contributed by atoms with van der Waals surface area (Å²) in [5, 5.41) is 7.64. The van der Waals surface area contributed by atoms with Gasteiger partial charge in [0.1, 0.15) is 0 Å². The molecular formula is C15H22BrClN2O2. The summed E-state index contributed by atoms with van der Waals surface area (Å²) >= 11 is 9.65. The number of anilines is 1. The Morgan fingerprint density at radius 1 is 1.57 bits per heavy atom. The molecule has 0 aromatic heterocycles. The van der Waals surface area contributed by atoms with Crippen molar-refractivity contribution in [3.8, 4) is 5.75 Å². The van der Waals surface area contributed by atoms with Gasteiger partial charge in [0, 0.05) is 23.7 Å². The summed E-state index contributed by atoms with van der Waals surface area (Å²) in [6, 6.07) is 4.42. The minimum Gasteiger partial charge on any atom is -0.491 e. The van der Waals surface area contributed by atoms with Gasteiger partial charge in [-0.05, 0) is 48.3 Å². The van der Waals surface area contributed by atoms with E-state index in [0.717, 1.165) is 42.1 Å². The molecule has 2 unspecified atom stereocenters. The van der Waals surface area contributed by atoms with Crippen molar-refractivity contribution in [1.29, 1.82) is 0 Å². The maximum atomic E-state index is 6.14. The molecule has 2 atom stereocenters. The lowest BCUT2D eigenvalue weighted by Crippen LogP contribution is -2.43. The topological polar surface area (TPSA) is 42.5 Å². The number of halogens is 2. The average molecular weight is 378 g/mol. The molecule has 21 heavy (non-hydrogen) atoms. The molecule has 2 N–H and O–H groups in total. The van der Waals surface area contributed by atoms with Crippen molar-refractivity contribution in [2.75, 3.05) is 31.7 Å². The maximum Gasteiger partial charge on any atom is 0.156 e. The van der Waals surface area contributed by atoms with Crippen molar-refractivity contribution in [2.45, 2.75) is 32.4 Å². The van der Waals surface area contributed by atoms with Gasteiger partial charge in [-0.1, -0.05) is 11.6 Å². The maximum absolute atomic E-state index is 6.14. The molecular weight excluding hydrogens is 356 g/mol. The summed E-state index contributed by atoms with van der Waals surface area (Å²) in [4.78, 5) is 0. The molecule has 1 heterocycles. The second-order valence-electron chi connectivity index (χ2n) is 5.20. The van der Waals surface area contributed by atoms with Gasteiger partial charge in [0.05, 0.1) is 30.0 Å². The minimum absolute atomic E-state index is 0.286. The highest BCUT2D eigenvalue weighted by Crippen LogP contribution is 2.37. The predicted molar refractivity (Wildman–Crippen MR) is 90.6 cm³/mol. The van der Waals surface area contributed by atoms with Crippen LogP contribution >= 0.6 is 27.5 Å². The Kier molecular flexibility index (Phi) is 6.61. The Morgan fingerprint density at radius 3 is 3.05 bits per heavy atom. The molecule has 1 aromatic rings. The summed E-state index contributed by atoms with van der Waals surface area (Å²) in [6.07, 6.45) is 0.982. The number of rotatable bonds is 6. The summed E-state index contributed by atoms with van der Waals surface area (Å²) in [5.41, 5.74) is 0.917. The molecule has 1 saturated heterocycles. The molecule has 6 heteroatoms. The molecule has 0 amide bonds. The number of nitrogens with one attached hydrogen (secondary N) is 2. The molecule has 0 aliphatic carbocycles. The SMILES string of the molecule is CCOc1c(Br)cc(Cl)cc1NC(C)CC1COCCN1. The highest BCUT2D eigenvalue weighted by molar-refractivity contribution is 9.10. The molecule has 1 aliphatic rings. The van der Waals surface area contributed by atoms with E-state index in [4.69, 9.17) is 21.1 Å². The van der Waals surface area contributed by atoms with E-state index in [1.54, 1.807) is 0 Å². The van der Waals surface area contributed by atoms with Crippen LogP contribution in [0.25, 0.3) is 0 Å². The molecule has 0 spiro atoms. The zero-order valence-electron chi connectivity index (χ0n) is 12.4. The van der Waals surface area contributed by atoms with Crippen LogP contribution in [0.4, 0.5) is 5.69 Å².